The number of hydrogen-bond acceptors (Lipinski definition) is 5. The van der Waals surface area contributed by atoms with E-state index in [1.165, 1.54) is 18.5 Å². The van der Waals surface area contributed by atoms with Crippen LogP contribution in [-0.4, -0.2) is 26.3 Å². The van der Waals surface area contributed by atoms with Crippen LogP contribution >= 0.6 is 11.6 Å². The van der Waals surface area contributed by atoms with Crippen LogP contribution < -0.4 is 11.5 Å². The van der Waals surface area contributed by atoms with Crippen LogP contribution in [0, 0.1) is 0 Å². The molecular formula is C22H18ClF3N6. The lowest BCUT2D eigenvalue weighted by Crippen LogP contribution is -2.21. The third-order valence-electron chi connectivity index (χ3n) is 5.05. The van der Waals surface area contributed by atoms with Gasteiger partial charge in [0.2, 0.25) is 0 Å². The lowest BCUT2D eigenvalue weighted by Gasteiger charge is -2.17. The first-order valence-electron chi connectivity index (χ1n) is 9.56. The quantitative estimate of drug-likeness (QED) is 0.447. The minimum Gasteiger partial charge on any atom is -0.383 e. The number of benzene rings is 2. The molecule has 10 heteroatoms. The molecule has 1 atom stereocenters. The van der Waals surface area contributed by atoms with Gasteiger partial charge in [-0.15, -0.1) is 0 Å². The molecule has 2 aromatic carbocycles. The predicted octanol–water partition coefficient (Wildman–Crippen LogP) is 4.81. The molecule has 0 amide bonds. The maximum absolute atomic E-state index is 12.9. The Bertz CT molecular complexity index is 1220. The number of rotatable bonds is 5. The lowest BCUT2D eigenvalue weighted by atomic mass is 10.0. The topological polar surface area (TPSA) is 95.6 Å². The van der Waals surface area contributed by atoms with Crippen LogP contribution in [0.15, 0.2) is 67.3 Å². The van der Waals surface area contributed by atoms with Crippen molar-refractivity contribution in [2.45, 2.75) is 12.2 Å². The highest BCUT2D eigenvalue weighted by Gasteiger charge is 2.30. The molecule has 164 valence electrons. The molecule has 0 aliphatic carbocycles. The highest BCUT2D eigenvalue weighted by atomic mass is 35.5. The number of nitrogen functional groups attached to an aromatic ring is 1. The summed E-state index contributed by atoms with van der Waals surface area (Å²) in [6, 6.07) is 11.5. The zero-order valence-electron chi connectivity index (χ0n) is 16.6. The molecule has 2 aromatic heterocycles. The third-order valence-corrected chi connectivity index (χ3v) is 5.30. The Balaban J connectivity index is 1.71. The number of aromatic nitrogens is 4. The van der Waals surface area contributed by atoms with Gasteiger partial charge in [-0.05, 0) is 35.4 Å². The van der Waals surface area contributed by atoms with Crippen molar-refractivity contribution in [2.75, 3.05) is 12.3 Å². The monoisotopic (exact) mass is 458 g/mol. The molecule has 0 saturated carbocycles. The van der Waals surface area contributed by atoms with E-state index in [4.69, 9.17) is 23.1 Å². The van der Waals surface area contributed by atoms with E-state index in [0.717, 1.165) is 17.7 Å². The standard InChI is InChI=1S/C22H18ClF3N6/c23-17-7-3-14(4-8-17)19-20(29-12-30-21(19)28)15-10-31-32(11-15)18(9-27)13-1-5-16(6-2-13)22(24,25)26/h1-8,10-12,18H,9,27H2,(H2,28,29,30). The summed E-state index contributed by atoms with van der Waals surface area (Å²) in [5, 5.41) is 4.97. The SMILES string of the molecule is NCC(c1ccc(C(F)(F)F)cc1)n1cc(-c2ncnc(N)c2-c2ccc(Cl)cc2)cn1. The fraction of sp³-hybridized carbons (Fsp3) is 0.136. The van der Waals surface area contributed by atoms with Gasteiger partial charge >= 0.3 is 6.18 Å². The van der Waals surface area contributed by atoms with Gasteiger partial charge in [0, 0.05) is 23.3 Å². The van der Waals surface area contributed by atoms with Gasteiger partial charge in [0.25, 0.3) is 0 Å². The van der Waals surface area contributed by atoms with Crippen LogP contribution in [0.4, 0.5) is 19.0 Å². The Labute approximate surface area is 186 Å². The van der Waals surface area contributed by atoms with Crippen molar-refractivity contribution in [1.82, 2.24) is 19.7 Å². The molecule has 0 radical (unpaired) electrons. The van der Waals surface area contributed by atoms with E-state index in [0.29, 0.717) is 33.2 Å². The first kappa shape index (κ1) is 21.8. The largest absolute Gasteiger partial charge is 0.416 e. The molecule has 0 bridgehead atoms. The molecule has 32 heavy (non-hydrogen) atoms. The average Bonchev–Trinajstić information content (AvgIpc) is 3.24. The predicted molar refractivity (Wildman–Crippen MR) is 117 cm³/mol. The maximum atomic E-state index is 12.9. The van der Waals surface area contributed by atoms with Crippen LogP contribution in [0.1, 0.15) is 17.2 Å². The molecule has 0 saturated heterocycles. The van der Waals surface area contributed by atoms with Crippen LogP contribution in [0.5, 0.6) is 0 Å². The number of nitrogens with two attached hydrogens (primary N) is 2. The zero-order valence-corrected chi connectivity index (χ0v) is 17.3. The van der Waals surface area contributed by atoms with Crippen LogP contribution in [0.2, 0.25) is 5.02 Å². The Kier molecular flexibility index (Phi) is 5.86. The Morgan fingerprint density at radius 3 is 2.28 bits per heavy atom. The Morgan fingerprint density at radius 1 is 0.969 bits per heavy atom. The molecular weight excluding hydrogens is 441 g/mol. The number of halogens is 4. The number of nitrogens with zero attached hydrogens (tertiary/aromatic N) is 4. The van der Waals surface area contributed by atoms with Crippen molar-refractivity contribution in [2.24, 2.45) is 5.73 Å². The molecule has 0 fully saturated rings. The van der Waals surface area contributed by atoms with Crippen molar-refractivity contribution in [3.63, 3.8) is 0 Å². The van der Waals surface area contributed by atoms with Gasteiger partial charge < -0.3 is 11.5 Å². The van der Waals surface area contributed by atoms with E-state index < -0.39 is 17.8 Å². The Morgan fingerprint density at radius 2 is 1.66 bits per heavy atom. The Hall–Kier alpha value is -3.43. The van der Waals surface area contributed by atoms with E-state index >= 15 is 0 Å². The molecule has 4 N–H and O–H groups in total. The van der Waals surface area contributed by atoms with Crippen molar-refractivity contribution in [3.8, 4) is 22.4 Å². The van der Waals surface area contributed by atoms with E-state index in [1.807, 2.05) is 12.1 Å². The summed E-state index contributed by atoms with van der Waals surface area (Å²) in [6.45, 7) is 0.141. The van der Waals surface area contributed by atoms with Gasteiger partial charge in [-0.2, -0.15) is 18.3 Å². The molecule has 2 heterocycles. The normalized spacial score (nSPS) is 12.7. The third kappa shape index (κ3) is 4.30. The highest BCUT2D eigenvalue weighted by molar-refractivity contribution is 6.30. The van der Waals surface area contributed by atoms with Crippen LogP contribution in [-0.2, 0) is 6.18 Å². The second-order valence-corrected chi connectivity index (χ2v) is 7.51. The summed E-state index contributed by atoms with van der Waals surface area (Å²) in [5.41, 5.74) is 14.6. The molecule has 4 rings (SSSR count). The molecule has 1 unspecified atom stereocenters. The summed E-state index contributed by atoms with van der Waals surface area (Å²) in [7, 11) is 0. The molecule has 0 aliphatic heterocycles. The van der Waals surface area contributed by atoms with Crippen LogP contribution in [0.3, 0.4) is 0 Å². The van der Waals surface area contributed by atoms with Gasteiger partial charge in [-0.3, -0.25) is 4.68 Å². The van der Waals surface area contributed by atoms with Crippen molar-refractivity contribution in [1.29, 1.82) is 0 Å². The molecule has 6 nitrogen and oxygen atoms in total. The zero-order chi connectivity index (χ0) is 22.9. The van der Waals surface area contributed by atoms with E-state index in [9.17, 15) is 13.2 Å². The van der Waals surface area contributed by atoms with E-state index in [2.05, 4.69) is 15.1 Å². The molecule has 0 aliphatic rings. The van der Waals surface area contributed by atoms with Crippen LogP contribution in [0.25, 0.3) is 22.4 Å². The maximum Gasteiger partial charge on any atom is 0.416 e. The van der Waals surface area contributed by atoms with Gasteiger partial charge in [-0.1, -0.05) is 35.9 Å². The minimum atomic E-state index is -4.40. The number of hydrogen-bond donors (Lipinski definition) is 2. The molecule has 4 aromatic rings. The first-order valence-corrected chi connectivity index (χ1v) is 9.94. The first-order chi connectivity index (χ1) is 15.3. The lowest BCUT2D eigenvalue weighted by molar-refractivity contribution is -0.137. The van der Waals surface area contributed by atoms with Crippen molar-refractivity contribution < 1.29 is 13.2 Å². The summed E-state index contributed by atoms with van der Waals surface area (Å²) in [6.07, 6.45) is 0.294. The van der Waals surface area contributed by atoms with Gasteiger partial charge in [-0.25, -0.2) is 9.97 Å². The average molecular weight is 459 g/mol. The fourth-order valence-electron chi connectivity index (χ4n) is 3.44. The minimum absolute atomic E-state index is 0.141. The van der Waals surface area contributed by atoms with Crippen molar-refractivity contribution >= 4 is 17.4 Å². The summed E-state index contributed by atoms with van der Waals surface area (Å²) < 4.78 is 40.2. The van der Waals surface area contributed by atoms with Gasteiger partial charge in [0.15, 0.2) is 0 Å². The van der Waals surface area contributed by atoms with Gasteiger partial charge in [0.05, 0.1) is 29.1 Å². The smallest absolute Gasteiger partial charge is 0.383 e. The summed E-state index contributed by atoms with van der Waals surface area (Å²) in [4.78, 5) is 8.48. The second kappa shape index (κ2) is 8.60. The van der Waals surface area contributed by atoms with Gasteiger partial charge in [0.1, 0.15) is 12.1 Å². The van der Waals surface area contributed by atoms with E-state index in [-0.39, 0.29) is 6.54 Å². The second-order valence-electron chi connectivity index (χ2n) is 7.07. The van der Waals surface area contributed by atoms with Crippen molar-refractivity contribution in [3.05, 3.63) is 83.4 Å². The fourth-order valence-corrected chi connectivity index (χ4v) is 3.57. The van der Waals surface area contributed by atoms with E-state index in [1.54, 1.807) is 29.2 Å². The highest BCUT2D eigenvalue weighted by Crippen LogP contribution is 2.35. The summed E-state index contributed by atoms with van der Waals surface area (Å²) in [5.74, 6) is 0.295. The molecule has 0 spiro atoms. The summed E-state index contributed by atoms with van der Waals surface area (Å²) >= 11 is 5.99. The number of anilines is 1. The number of alkyl halides is 3.